The first-order valence-corrected chi connectivity index (χ1v) is 12.1. The Morgan fingerprint density at radius 3 is 2.46 bits per heavy atom. The van der Waals surface area contributed by atoms with Gasteiger partial charge in [-0.25, -0.2) is 0 Å². The van der Waals surface area contributed by atoms with Gasteiger partial charge in [0.1, 0.15) is 12.4 Å². The van der Waals surface area contributed by atoms with Crippen molar-refractivity contribution in [3.8, 4) is 5.75 Å². The van der Waals surface area contributed by atoms with Crippen LogP contribution in [0.25, 0.3) is 5.57 Å². The number of rotatable bonds is 8. The Hall–Kier alpha value is -3.36. The summed E-state index contributed by atoms with van der Waals surface area (Å²) in [4.78, 5) is 32.3. The van der Waals surface area contributed by atoms with Crippen molar-refractivity contribution in [1.29, 1.82) is 0 Å². The van der Waals surface area contributed by atoms with Crippen molar-refractivity contribution < 1.29 is 14.3 Å². The number of nitrogens with one attached hydrogen (secondary N) is 1. The molecule has 186 valence electrons. The number of anilines is 1. The van der Waals surface area contributed by atoms with Crippen molar-refractivity contribution in [2.24, 2.45) is 5.84 Å². The van der Waals surface area contributed by atoms with Gasteiger partial charge in [0.2, 0.25) is 0 Å². The monoisotopic (exact) mass is 477 g/mol. The summed E-state index contributed by atoms with van der Waals surface area (Å²) in [5, 5.41) is 0. The van der Waals surface area contributed by atoms with Gasteiger partial charge < -0.3 is 24.9 Å². The second-order valence-electron chi connectivity index (χ2n) is 9.58. The number of aryl methyl sites for hydroxylation is 1. The number of nitrogens with two attached hydrogens (primary N) is 1. The molecule has 8 nitrogen and oxygen atoms in total. The van der Waals surface area contributed by atoms with Crippen molar-refractivity contribution in [3.63, 3.8) is 0 Å². The van der Waals surface area contributed by atoms with Crippen molar-refractivity contribution >= 4 is 23.1 Å². The van der Waals surface area contributed by atoms with E-state index in [-0.39, 0.29) is 11.8 Å². The first kappa shape index (κ1) is 24.8. The molecule has 0 spiro atoms. The Labute approximate surface area is 207 Å². The Bertz CT molecular complexity index is 1140. The molecule has 0 unspecified atom stereocenters. The van der Waals surface area contributed by atoms with E-state index >= 15 is 0 Å². The van der Waals surface area contributed by atoms with Crippen LogP contribution in [0.15, 0.2) is 36.9 Å². The van der Waals surface area contributed by atoms with Crippen LogP contribution < -0.4 is 16.0 Å². The summed E-state index contributed by atoms with van der Waals surface area (Å²) < 4.78 is 5.86. The van der Waals surface area contributed by atoms with E-state index < -0.39 is 0 Å². The summed E-state index contributed by atoms with van der Waals surface area (Å²) in [5.74, 6) is 6.37. The second kappa shape index (κ2) is 10.5. The Morgan fingerprint density at radius 2 is 1.77 bits per heavy atom. The number of likely N-dealkylation sites (tertiary alicyclic amines) is 1. The van der Waals surface area contributed by atoms with Gasteiger partial charge in [0.05, 0.1) is 5.69 Å². The molecule has 2 amide bonds. The van der Waals surface area contributed by atoms with Gasteiger partial charge in [-0.15, -0.1) is 0 Å². The quantitative estimate of drug-likeness (QED) is 0.345. The highest BCUT2D eigenvalue weighted by atomic mass is 16.5. The summed E-state index contributed by atoms with van der Waals surface area (Å²) in [6, 6.07) is 9.58. The van der Waals surface area contributed by atoms with E-state index in [4.69, 9.17) is 10.6 Å². The van der Waals surface area contributed by atoms with Crippen LogP contribution in [0.4, 0.5) is 5.69 Å². The molecule has 0 bridgehead atoms. The van der Waals surface area contributed by atoms with E-state index in [0.717, 1.165) is 54.9 Å². The van der Waals surface area contributed by atoms with E-state index in [1.165, 1.54) is 0 Å². The number of likely N-dealkylation sites (N-methyl/N-ethyl adjacent to an activating group) is 1. The third-order valence-corrected chi connectivity index (χ3v) is 6.72. The molecule has 2 aromatic rings. The molecular formula is C27H35N5O3. The van der Waals surface area contributed by atoms with Crippen LogP contribution in [0.3, 0.4) is 0 Å². The predicted molar refractivity (Wildman–Crippen MR) is 138 cm³/mol. The van der Waals surface area contributed by atoms with E-state index in [1.807, 2.05) is 50.2 Å². The fourth-order valence-corrected chi connectivity index (χ4v) is 4.65. The number of carbonyl (C=O) groups is 2. The highest BCUT2D eigenvalue weighted by Crippen LogP contribution is 2.32. The Balaban J connectivity index is 1.53. The minimum Gasteiger partial charge on any atom is -0.492 e. The molecule has 2 heterocycles. The van der Waals surface area contributed by atoms with Crippen LogP contribution in [0.5, 0.6) is 5.75 Å². The number of hydrogen-bond donors (Lipinski definition) is 2. The second-order valence-corrected chi connectivity index (χ2v) is 9.58. The summed E-state index contributed by atoms with van der Waals surface area (Å²) >= 11 is 0. The summed E-state index contributed by atoms with van der Waals surface area (Å²) in [6.07, 6.45) is 1.99. The third kappa shape index (κ3) is 5.33. The fraction of sp³-hybridized carbons (Fsp3) is 0.407. The van der Waals surface area contributed by atoms with Crippen LogP contribution in [-0.2, 0) is 17.9 Å². The summed E-state index contributed by atoms with van der Waals surface area (Å²) in [6.45, 7) is 9.88. The highest BCUT2D eigenvalue weighted by Gasteiger charge is 2.28. The van der Waals surface area contributed by atoms with Crippen LogP contribution in [-0.4, -0.2) is 66.9 Å². The number of carbonyl (C=O) groups excluding carboxylic acids is 2. The number of benzene rings is 2. The number of nitrogen functional groups attached to an aromatic ring is 1. The number of nitrogens with zero attached hydrogens (tertiary/aromatic N) is 3. The van der Waals surface area contributed by atoms with Gasteiger partial charge in [0.15, 0.2) is 0 Å². The lowest BCUT2D eigenvalue weighted by atomic mass is 9.97. The van der Waals surface area contributed by atoms with E-state index in [0.29, 0.717) is 42.1 Å². The van der Waals surface area contributed by atoms with Gasteiger partial charge in [-0.2, -0.15) is 0 Å². The molecule has 8 heteroatoms. The largest absolute Gasteiger partial charge is 0.492 e. The molecule has 0 saturated carbocycles. The van der Waals surface area contributed by atoms with Crippen molar-refractivity contribution in [3.05, 3.63) is 64.7 Å². The van der Waals surface area contributed by atoms with Gasteiger partial charge >= 0.3 is 0 Å². The lowest BCUT2D eigenvalue weighted by Gasteiger charge is -2.22. The van der Waals surface area contributed by atoms with Crippen LogP contribution >= 0.6 is 0 Å². The van der Waals surface area contributed by atoms with E-state index in [9.17, 15) is 9.59 Å². The van der Waals surface area contributed by atoms with Crippen molar-refractivity contribution in [1.82, 2.24) is 14.7 Å². The molecule has 0 radical (unpaired) electrons. The zero-order chi connectivity index (χ0) is 25.1. The van der Waals surface area contributed by atoms with Gasteiger partial charge in [-0.1, -0.05) is 12.6 Å². The molecule has 0 aromatic heterocycles. The lowest BCUT2D eigenvalue weighted by Crippen LogP contribution is -2.29. The fourth-order valence-electron chi connectivity index (χ4n) is 4.65. The molecule has 1 fully saturated rings. The lowest BCUT2D eigenvalue weighted by molar-refractivity contribution is -0.123. The van der Waals surface area contributed by atoms with Crippen LogP contribution in [0.2, 0.25) is 0 Å². The van der Waals surface area contributed by atoms with Gasteiger partial charge in [0.25, 0.3) is 11.8 Å². The minimum absolute atomic E-state index is 0.0833. The Morgan fingerprint density at radius 1 is 1.06 bits per heavy atom. The van der Waals surface area contributed by atoms with Crippen LogP contribution in [0.1, 0.15) is 45.5 Å². The SMILES string of the molecule is C=C(C(=O)N1CCCC1)c1cc(C(=O)N2Cc3ccc(OCCN(C)C)cc3C2)c(C)cc1NN. The maximum Gasteiger partial charge on any atom is 0.254 e. The minimum atomic E-state index is -0.114. The van der Waals surface area contributed by atoms with E-state index in [1.54, 1.807) is 11.0 Å². The maximum absolute atomic E-state index is 13.6. The smallest absolute Gasteiger partial charge is 0.254 e. The molecule has 0 atom stereocenters. The summed E-state index contributed by atoms with van der Waals surface area (Å²) in [7, 11) is 4.02. The number of hydrazine groups is 1. The van der Waals surface area contributed by atoms with Crippen LogP contribution in [0, 0.1) is 6.92 Å². The van der Waals surface area contributed by atoms with Gasteiger partial charge in [-0.05, 0) is 74.8 Å². The highest BCUT2D eigenvalue weighted by molar-refractivity contribution is 6.20. The molecule has 0 aliphatic carbocycles. The predicted octanol–water partition coefficient (Wildman–Crippen LogP) is 3.01. The maximum atomic E-state index is 13.6. The standard InChI is InChI=1S/C27H35N5O3/c1-18-13-25(29-28)24(19(2)26(33)31-9-5-6-10-31)15-23(18)27(34)32-16-20-7-8-22(14-21(20)17-32)35-12-11-30(3)4/h7-8,13-15,29H,2,5-6,9-12,16-17,28H2,1,3-4H3. The summed E-state index contributed by atoms with van der Waals surface area (Å²) in [5.41, 5.74) is 7.70. The number of ether oxygens (including phenoxy) is 1. The third-order valence-electron chi connectivity index (χ3n) is 6.72. The number of amides is 2. The van der Waals surface area contributed by atoms with Crippen molar-refractivity contribution in [2.45, 2.75) is 32.9 Å². The molecule has 2 aliphatic heterocycles. The molecule has 3 N–H and O–H groups in total. The first-order chi connectivity index (χ1) is 16.8. The van der Waals surface area contributed by atoms with Gasteiger partial charge in [-0.3, -0.25) is 15.4 Å². The van der Waals surface area contributed by atoms with Crippen molar-refractivity contribution in [2.75, 3.05) is 45.8 Å². The normalized spacial score (nSPS) is 14.9. The molecular weight excluding hydrogens is 442 g/mol. The molecule has 4 rings (SSSR count). The molecule has 2 aliphatic rings. The molecule has 1 saturated heterocycles. The van der Waals surface area contributed by atoms with E-state index in [2.05, 4.69) is 16.9 Å². The number of hydrogen-bond acceptors (Lipinski definition) is 6. The Kier molecular flexibility index (Phi) is 7.42. The number of fused-ring (bicyclic) bond motifs is 1. The first-order valence-electron chi connectivity index (χ1n) is 12.1. The molecule has 2 aromatic carbocycles. The average molecular weight is 478 g/mol. The average Bonchev–Trinajstić information content (AvgIpc) is 3.52. The zero-order valence-electron chi connectivity index (χ0n) is 20.9. The topological polar surface area (TPSA) is 91.1 Å². The zero-order valence-corrected chi connectivity index (χ0v) is 20.9. The molecule has 35 heavy (non-hydrogen) atoms. The van der Waals surface area contributed by atoms with Gasteiger partial charge in [0, 0.05) is 49.4 Å².